The Labute approximate surface area is 169 Å². The molecule has 0 radical (unpaired) electrons. The first-order chi connectivity index (χ1) is 13.4. The minimum Gasteiger partial charge on any atom is -0.380 e. The topological polar surface area (TPSA) is 72.5 Å². The molecule has 1 amide bonds. The van der Waals surface area contributed by atoms with Crippen molar-refractivity contribution in [3.05, 3.63) is 11.8 Å². The number of carbonyl (C=O) groups excluding carboxylic acids is 1. The predicted molar refractivity (Wildman–Crippen MR) is 99.6 cm³/mol. The molecule has 1 saturated heterocycles. The van der Waals surface area contributed by atoms with Crippen LogP contribution in [-0.4, -0.2) is 26.4 Å². The molecule has 0 aromatic rings. The molecule has 0 aromatic carbocycles. The average Bonchev–Trinajstić information content (AvgIpc) is 2.85. The van der Waals surface area contributed by atoms with Crippen LogP contribution in [0, 0.1) is 34.5 Å². The maximum Gasteiger partial charge on any atom is 0.534 e. The van der Waals surface area contributed by atoms with Crippen molar-refractivity contribution in [2.75, 3.05) is 6.54 Å². The van der Waals surface area contributed by atoms with E-state index < -0.39 is 21.0 Å². The number of alkyl halides is 3. The van der Waals surface area contributed by atoms with Crippen LogP contribution in [0.2, 0.25) is 0 Å². The molecule has 6 unspecified atom stereocenters. The Morgan fingerprint density at radius 3 is 2.55 bits per heavy atom. The highest BCUT2D eigenvalue weighted by Gasteiger charge is 2.60. The molecule has 0 bridgehead atoms. The van der Waals surface area contributed by atoms with E-state index >= 15 is 0 Å². The van der Waals surface area contributed by atoms with E-state index in [-0.39, 0.29) is 23.0 Å². The standard InChI is InChI=1S/C20H28F3NO4S/c1-18-10-8-17(25)24-11-12(18)3-4-13-14-5-6-16(19(14,2)9-7-15(13)18)28-29(26,27)20(21,22)23/h6,12-15H,3-5,7-11H2,1-2H3,(H,24,25). The van der Waals surface area contributed by atoms with Crippen molar-refractivity contribution in [2.45, 2.75) is 64.3 Å². The zero-order chi connectivity index (χ0) is 21.2. The lowest BCUT2D eigenvalue weighted by Crippen LogP contribution is -2.52. The van der Waals surface area contributed by atoms with Crippen LogP contribution in [-0.2, 0) is 19.1 Å². The number of amides is 1. The number of halogens is 3. The van der Waals surface area contributed by atoms with Crippen molar-refractivity contribution in [1.29, 1.82) is 0 Å². The number of hydrogen-bond acceptors (Lipinski definition) is 4. The first-order valence-corrected chi connectivity index (χ1v) is 11.8. The van der Waals surface area contributed by atoms with Gasteiger partial charge in [0.1, 0.15) is 5.76 Å². The molecular weight excluding hydrogens is 407 g/mol. The van der Waals surface area contributed by atoms with Gasteiger partial charge in [-0.3, -0.25) is 4.79 Å². The van der Waals surface area contributed by atoms with Crippen molar-refractivity contribution in [1.82, 2.24) is 5.32 Å². The zero-order valence-corrected chi connectivity index (χ0v) is 17.5. The van der Waals surface area contributed by atoms with Crippen molar-refractivity contribution in [2.24, 2.45) is 34.5 Å². The second-order valence-corrected chi connectivity index (χ2v) is 11.2. The van der Waals surface area contributed by atoms with Crippen molar-refractivity contribution >= 4 is 16.0 Å². The fourth-order valence-corrected chi connectivity index (χ4v) is 7.38. The molecule has 0 aromatic heterocycles. The first-order valence-electron chi connectivity index (χ1n) is 10.4. The van der Waals surface area contributed by atoms with Gasteiger partial charge in [0.15, 0.2) is 0 Å². The van der Waals surface area contributed by atoms with Gasteiger partial charge in [-0.15, -0.1) is 0 Å². The Morgan fingerprint density at radius 1 is 1.14 bits per heavy atom. The van der Waals surface area contributed by atoms with Gasteiger partial charge in [-0.25, -0.2) is 0 Å². The number of allylic oxidation sites excluding steroid dienone is 2. The first kappa shape index (κ1) is 21.0. The Balaban J connectivity index is 1.58. The van der Waals surface area contributed by atoms with Gasteiger partial charge >= 0.3 is 15.6 Å². The fraction of sp³-hybridized carbons (Fsp3) is 0.850. The Morgan fingerprint density at radius 2 is 1.86 bits per heavy atom. The molecule has 2 saturated carbocycles. The molecule has 9 heteroatoms. The maximum atomic E-state index is 12.8. The van der Waals surface area contributed by atoms with Crippen LogP contribution in [0.4, 0.5) is 13.2 Å². The van der Waals surface area contributed by atoms with Crippen LogP contribution >= 0.6 is 0 Å². The molecule has 29 heavy (non-hydrogen) atoms. The summed E-state index contributed by atoms with van der Waals surface area (Å²) in [5.41, 5.74) is -6.10. The third kappa shape index (κ3) is 3.18. The van der Waals surface area contributed by atoms with Crippen LogP contribution in [0.25, 0.3) is 0 Å². The summed E-state index contributed by atoms with van der Waals surface area (Å²) < 4.78 is 66.3. The summed E-state index contributed by atoms with van der Waals surface area (Å²) in [6, 6.07) is 0. The van der Waals surface area contributed by atoms with Gasteiger partial charge in [-0.1, -0.05) is 13.8 Å². The SMILES string of the molecule is CC12CCC3C(CCC4CNC(=O)CCC43C)C1CC=C2OS(=O)(=O)C(F)(F)F. The number of carbonyl (C=O) groups is 1. The van der Waals surface area contributed by atoms with Gasteiger partial charge in [0.2, 0.25) is 5.91 Å². The number of fused-ring (bicyclic) bond motifs is 5. The lowest BCUT2D eigenvalue weighted by molar-refractivity contribution is -0.121. The van der Waals surface area contributed by atoms with Crippen LogP contribution < -0.4 is 5.32 Å². The summed E-state index contributed by atoms with van der Waals surface area (Å²) in [6.07, 6.45) is 6.77. The maximum absolute atomic E-state index is 12.8. The third-order valence-electron chi connectivity index (χ3n) is 8.49. The second-order valence-electron chi connectivity index (χ2n) is 9.70. The van der Waals surface area contributed by atoms with Crippen molar-refractivity contribution in [3.63, 3.8) is 0 Å². The van der Waals surface area contributed by atoms with E-state index in [1.807, 2.05) is 6.92 Å². The normalized spacial score (nSPS) is 42.7. The number of rotatable bonds is 2. The summed E-state index contributed by atoms with van der Waals surface area (Å²) in [5, 5.41) is 3.02. The Kier molecular flexibility index (Phi) is 4.80. The minimum atomic E-state index is -5.66. The molecule has 5 nitrogen and oxygen atoms in total. The van der Waals surface area contributed by atoms with Gasteiger partial charge in [0.25, 0.3) is 0 Å². The molecule has 3 fully saturated rings. The van der Waals surface area contributed by atoms with E-state index in [0.29, 0.717) is 43.6 Å². The van der Waals surface area contributed by atoms with Gasteiger partial charge in [-0.2, -0.15) is 21.6 Å². The molecular formula is C20H28F3NO4S. The van der Waals surface area contributed by atoms with E-state index in [1.165, 1.54) is 0 Å². The van der Waals surface area contributed by atoms with E-state index in [2.05, 4.69) is 16.4 Å². The van der Waals surface area contributed by atoms with Gasteiger partial charge in [-0.05, 0) is 73.7 Å². The van der Waals surface area contributed by atoms with Crippen LogP contribution in [0.5, 0.6) is 0 Å². The fourth-order valence-electron chi connectivity index (χ4n) is 6.79. The van der Waals surface area contributed by atoms with E-state index in [1.54, 1.807) is 6.08 Å². The van der Waals surface area contributed by atoms with E-state index in [4.69, 9.17) is 0 Å². The predicted octanol–water partition coefficient (Wildman–Crippen LogP) is 4.12. The monoisotopic (exact) mass is 435 g/mol. The number of hydrogen-bond donors (Lipinski definition) is 1. The van der Waals surface area contributed by atoms with Gasteiger partial charge < -0.3 is 9.50 Å². The molecule has 6 atom stereocenters. The highest BCUT2D eigenvalue weighted by atomic mass is 32.2. The van der Waals surface area contributed by atoms with Crippen LogP contribution in [0.1, 0.15) is 58.8 Å². The minimum absolute atomic E-state index is 0.0189. The smallest absolute Gasteiger partial charge is 0.380 e. The average molecular weight is 436 g/mol. The Bertz CT molecular complexity index is 839. The third-order valence-corrected chi connectivity index (χ3v) is 9.46. The zero-order valence-electron chi connectivity index (χ0n) is 16.7. The molecule has 1 heterocycles. The lowest BCUT2D eigenvalue weighted by atomic mass is 9.47. The van der Waals surface area contributed by atoms with E-state index in [9.17, 15) is 26.4 Å². The molecule has 0 spiro atoms. The van der Waals surface area contributed by atoms with Crippen molar-refractivity contribution < 1.29 is 30.6 Å². The summed E-state index contributed by atoms with van der Waals surface area (Å²) >= 11 is 0. The second kappa shape index (κ2) is 6.62. The van der Waals surface area contributed by atoms with Crippen LogP contribution in [0.3, 0.4) is 0 Å². The Hall–Kier alpha value is -1.25. The molecule has 3 aliphatic carbocycles. The van der Waals surface area contributed by atoms with E-state index in [0.717, 1.165) is 25.7 Å². The molecule has 4 rings (SSSR count). The largest absolute Gasteiger partial charge is 0.534 e. The summed E-state index contributed by atoms with van der Waals surface area (Å²) in [4.78, 5) is 11.9. The summed E-state index contributed by atoms with van der Waals surface area (Å²) in [6.45, 7) is 4.81. The summed E-state index contributed by atoms with van der Waals surface area (Å²) in [5.74, 6) is 1.23. The van der Waals surface area contributed by atoms with Gasteiger partial charge in [0.05, 0.1) is 0 Å². The highest BCUT2D eigenvalue weighted by molar-refractivity contribution is 7.87. The van der Waals surface area contributed by atoms with Gasteiger partial charge in [0, 0.05) is 18.4 Å². The quantitative estimate of drug-likeness (QED) is 0.523. The lowest BCUT2D eigenvalue weighted by Gasteiger charge is -2.58. The molecule has 1 aliphatic heterocycles. The number of nitrogens with one attached hydrogen (secondary N) is 1. The molecule has 1 N–H and O–H groups in total. The van der Waals surface area contributed by atoms with Crippen LogP contribution in [0.15, 0.2) is 11.8 Å². The molecule has 4 aliphatic rings. The highest BCUT2D eigenvalue weighted by Crippen LogP contribution is 2.65. The summed E-state index contributed by atoms with van der Waals surface area (Å²) in [7, 11) is -5.66. The van der Waals surface area contributed by atoms with Crippen molar-refractivity contribution in [3.8, 4) is 0 Å². The molecule has 164 valence electrons.